The summed E-state index contributed by atoms with van der Waals surface area (Å²) in [5.74, 6) is 0. The Hall–Kier alpha value is -0.564. The van der Waals surface area contributed by atoms with Gasteiger partial charge in [-0.3, -0.25) is 5.10 Å². The van der Waals surface area contributed by atoms with Crippen LogP contribution in [0.2, 0.25) is 10.0 Å². The van der Waals surface area contributed by atoms with Crippen molar-refractivity contribution in [2.45, 2.75) is 20.0 Å². The third-order valence-electron chi connectivity index (χ3n) is 3.23. The first kappa shape index (κ1) is 25.4. The first-order valence-electron chi connectivity index (χ1n) is 7.53. The summed E-state index contributed by atoms with van der Waals surface area (Å²) in [7, 11) is 0. The molecule has 0 bridgehead atoms. The van der Waals surface area contributed by atoms with Crippen molar-refractivity contribution in [3.63, 3.8) is 0 Å². The molecular formula is C19H19BrCl2MgN2O. The predicted octanol–water partition coefficient (Wildman–Crippen LogP) is 2.32. The molecule has 1 atom stereocenters. The van der Waals surface area contributed by atoms with Crippen molar-refractivity contribution in [3.8, 4) is 11.3 Å². The Morgan fingerprint density at radius 3 is 2.12 bits per heavy atom. The maximum absolute atomic E-state index is 10.5. The molecule has 0 aliphatic carbocycles. The van der Waals surface area contributed by atoms with Gasteiger partial charge < -0.3 is 28.5 Å². The van der Waals surface area contributed by atoms with E-state index in [0.717, 1.165) is 11.1 Å². The molecule has 0 saturated carbocycles. The Morgan fingerprint density at radius 2 is 1.58 bits per heavy atom. The molecule has 26 heavy (non-hydrogen) atoms. The van der Waals surface area contributed by atoms with Crippen LogP contribution < -0.4 is 17.0 Å². The van der Waals surface area contributed by atoms with Crippen LogP contribution >= 0.6 is 23.2 Å². The van der Waals surface area contributed by atoms with Gasteiger partial charge in [0.05, 0.1) is 11.9 Å². The van der Waals surface area contributed by atoms with Crippen LogP contribution in [0, 0.1) is 6.42 Å². The number of hydrogen-bond donors (Lipinski definition) is 2. The minimum atomic E-state index is -0.766. The molecule has 0 saturated heterocycles. The fourth-order valence-electron chi connectivity index (χ4n) is 2.25. The van der Waals surface area contributed by atoms with Crippen molar-refractivity contribution >= 4 is 46.3 Å². The van der Waals surface area contributed by atoms with Crippen LogP contribution in [0.25, 0.3) is 11.3 Å². The number of halogens is 3. The summed E-state index contributed by atoms with van der Waals surface area (Å²) in [5, 5.41) is 18.5. The molecule has 0 radical (unpaired) electrons. The van der Waals surface area contributed by atoms with Crippen LogP contribution in [0.1, 0.15) is 31.1 Å². The zero-order valence-corrected chi connectivity index (χ0v) is 19.1. The van der Waals surface area contributed by atoms with E-state index in [-0.39, 0.29) is 40.0 Å². The predicted molar refractivity (Wildman–Crippen MR) is 106 cm³/mol. The van der Waals surface area contributed by atoms with Crippen molar-refractivity contribution < 1.29 is 22.1 Å². The quantitative estimate of drug-likeness (QED) is 0.460. The Labute approximate surface area is 191 Å². The van der Waals surface area contributed by atoms with E-state index in [1.165, 1.54) is 0 Å². The number of aromatic nitrogens is 2. The smallest absolute Gasteiger partial charge is 1.00 e. The fourth-order valence-corrected chi connectivity index (χ4v) is 2.77. The van der Waals surface area contributed by atoms with E-state index in [9.17, 15) is 5.11 Å². The molecule has 0 aliphatic rings. The molecular weight excluding hydrogens is 447 g/mol. The number of hydrogen-bond acceptors (Lipinski definition) is 2. The molecule has 3 nitrogen and oxygen atoms in total. The molecule has 1 unspecified atom stereocenters. The zero-order valence-electron chi connectivity index (χ0n) is 14.6. The number of nitrogens with zero attached hydrogens (tertiary/aromatic N) is 1. The Kier molecular flexibility index (Phi) is 12.5. The van der Waals surface area contributed by atoms with Gasteiger partial charge in [-0.2, -0.15) is 18.9 Å². The average molecular weight is 466 g/mol. The molecule has 0 fully saturated rings. The van der Waals surface area contributed by atoms with Crippen molar-refractivity contribution in [3.05, 3.63) is 82.3 Å². The van der Waals surface area contributed by atoms with Gasteiger partial charge in [-0.25, -0.2) is 0 Å². The molecule has 0 aliphatic heterocycles. The van der Waals surface area contributed by atoms with E-state index in [1.807, 2.05) is 50.6 Å². The van der Waals surface area contributed by atoms with Crippen molar-refractivity contribution in [1.82, 2.24) is 10.2 Å². The number of nitrogens with one attached hydrogen (secondary N) is 1. The normalized spacial score (nSPS) is 10.7. The van der Waals surface area contributed by atoms with Gasteiger partial charge in [0.1, 0.15) is 6.10 Å². The summed E-state index contributed by atoms with van der Waals surface area (Å²) in [6, 6.07) is 14.6. The van der Waals surface area contributed by atoms with Gasteiger partial charge in [-0.1, -0.05) is 53.5 Å². The molecule has 0 amide bonds. The molecule has 2 aromatic carbocycles. The topological polar surface area (TPSA) is 48.9 Å². The second-order valence-corrected chi connectivity index (χ2v) is 6.12. The Bertz CT molecular complexity index is 764. The maximum atomic E-state index is 10.5. The molecule has 0 spiro atoms. The van der Waals surface area contributed by atoms with Gasteiger partial charge >= 0.3 is 23.1 Å². The van der Waals surface area contributed by atoms with Crippen LogP contribution in [-0.4, -0.2) is 38.4 Å². The van der Waals surface area contributed by atoms with Crippen molar-refractivity contribution in [2.24, 2.45) is 0 Å². The van der Waals surface area contributed by atoms with E-state index < -0.39 is 6.10 Å². The first-order chi connectivity index (χ1) is 11.6. The number of benzene rings is 2. The van der Waals surface area contributed by atoms with E-state index in [4.69, 9.17) is 23.2 Å². The largest absolute Gasteiger partial charge is 2.00 e. The second kappa shape index (κ2) is 12.8. The standard InChI is InChI=1S/C16H12Cl2N2O.C3H7.BrH.Mg/c17-12-6-11(7-13(18)8-12)15-14(9-19-20-15)16(21)10-4-2-1-3-5-10;1-3-2;;/h1-9,16,21H,(H,19,20);3H,1-2H3;1H;/q;-1;;+2/p-1. The Balaban J connectivity index is 0.00000117. The number of aliphatic hydroxyl groups is 1. The second-order valence-electron chi connectivity index (χ2n) is 5.25. The summed E-state index contributed by atoms with van der Waals surface area (Å²) in [5.41, 5.74) is 2.97. The minimum absolute atomic E-state index is 0. The van der Waals surface area contributed by atoms with Gasteiger partial charge in [-0.15, -0.1) is 0 Å². The molecule has 7 heteroatoms. The van der Waals surface area contributed by atoms with E-state index in [2.05, 4.69) is 10.2 Å². The maximum Gasteiger partial charge on any atom is 2.00 e. The first-order valence-corrected chi connectivity index (χ1v) is 8.29. The van der Waals surface area contributed by atoms with Gasteiger partial charge in [-0.05, 0) is 23.8 Å². The van der Waals surface area contributed by atoms with E-state index >= 15 is 0 Å². The van der Waals surface area contributed by atoms with Crippen LogP contribution in [0.5, 0.6) is 0 Å². The van der Waals surface area contributed by atoms with E-state index in [1.54, 1.807) is 24.4 Å². The molecule has 3 aromatic rings. The van der Waals surface area contributed by atoms with Crippen LogP contribution in [0.3, 0.4) is 0 Å². The summed E-state index contributed by atoms with van der Waals surface area (Å²) >= 11 is 12.1. The third kappa shape index (κ3) is 6.87. The minimum Gasteiger partial charge on any atom is -1.00 e. The zero-order chi connectivity index (χ0) is 17.5. The number of aliphatic hydroxyl groups excluding tert-OH is 1. The van der Waals surface area contributed by atoms with Gasteiger partial charge in [0.25, 0.3) is 0 Å². The average Bonchev–Trinajstić information content (AvgIpc) is 3.04. The molecule has 3 rings (SSSR count). The van der Waals surface area contributed by atoms with Crippen molar-refractivity contribution in [2.75, 3.05) is 0 Å². The van der Waals surface area contributed by atoms with Gasteiger partial charge in [0.15, 0.2) is 0 Å². The molecule has 2 N–H and O–H groups in total. The number of rotatable bonds is 3. The van der Waals surface area contributed by atoms with Crippen LogP contribution in [0.4, 0.5) is 0 Å². The van der Waals surface area contributed by atoms with Gasteiger partial charge in [0, 0.05) is 21.2 Å². The third-order valence-corrected chi connectivity index (χ3v) is 3.67. The summed E-state index contributed by atoms with van der Waals surface area (Å²) < 4.78 is 0. The molecule has 134 valence electrons. The summed E-state index contributed by atoms with van der Waals surface area (Å²) in [6.45, 7) is 4.00. The van der Waals surface area contributed by atoms with Crippen molar-refractivity contribution in [1.29, 1.82) is 0 Å². The Morgan fingerprint density at radius 1 is 1.04 bits per heavy atom. The van der Waals surface area contributed by atoms with Gasteiger partial charge in [0.2, 0.25) is 0 Å². The number of H-pyrrole nitrogens is 1. The summed E-state index contributed by atoms with van der Waals surface area (Å²) in [4.78, 5) is 0. The van der Waals surface area contributed by atoms with E-state index in [0.29, 0.717) is 21.3 Å². The molecule has 1 aromatic heterocycles. The SMILES string of the molecule is C[CH-]C.OC(c1ccccc1)c1cn[nH]c1-c1cc(Cl)cc(Cl)c1.[Br-].[Mg+2]. The molecule has 1 heterocycles. The van der Waals surface area contributed by atoms with Crippen LogP contribution in [0.15, 0.2) is 54.7 Å². The monoisotopic (exact) mass is 464 g/mol. The summed E-state index contributed by atoms with van der Waals surface area (Å²) in [6.07, 6.45) is 2.85. The fraction of sp³-hybridized carbons (Fsp3) is 0.158. The number of aromatic amines is 1. The van der Waals surface area contributed by atoms with Crippen LogP contribution in [-0.2, 0) is 0 Å².